The molecule has 1 aliphatic heterocycles. The molecule has 3 aromatic rings. The van der Waals surface area contributed by atoms with Crippen LogP contribution in [0.4, 0.5) is 13.2 Å². The number of ether oxygens (including phenoxy) is 3. The second-order valence-electron chi connectivity index (χ2n) is 9.17. The topological polar surface area (TPSA) is 89.4 Å². The average molecular weight is 621 g/mol. The van der Waals surface area contributed by atoms with E-state index >= 15 is 0 Å². The van der Waals surface area contributed by atoms with E-state index in [2.05, 4.69) is 15.9 Å². The number of rotatable bonds is 11. The van der Waals surface area contributed by atoms with Crippen molar-refractivity contribution in [1.82, 2.24) is 5.32 Å². The molecule has 0 aliphatic carbocycles. The van der Waals surface area contributed by atoms with Crippen LogP contribution in [0.25, 0.3) is 0 Å². The second kappa shape index (κ2) is 12.7. The van der Waals surface area contributed by atoms with E-state index in [4.69, 9.17) is 24.3 Å². The highest BCUT2D eigenvalue weighted by Gasteiger charge is 2.54. The Morgan fingerprint density at radius 2 is 1.82 bits per heavy atom. The number of amides is 1. The van der Waals surface area contributed by atoms with Gasteiger partial charge in [-0.1, -0.05) is 40.2 Å². The molecular weight excluding hydrogens is 593 g/mol. The number of benzene rings is 3. The Kier molecular flexibility index (Phi) is 9.36. The zero-order chi connectivity index (χ0) is 28.8. The van der Waals surface area contributed by atoms with Gasteiger partial charge in [0.05, 0.1) is 13.7 Å². The first-order chi connectivity index (χ1) is 19.1. The van der Waals surface area contributed by atoms with Crippen molar-refractivity contribution in [2.45, 2.75) is 30.7 Å². The Hall–Kier alpha value is -3.57. The third-order valence-electron chi connectivity index (χ3n) is 6.26. The maximum absolute atomic E-state index is 13.7. The third-order valence-corrected chi connectivity index (χ3v) is 6.79. The molecule has 0 spiro atoms. The van der Waals surface area contributed by atoms with Gasteiger partial charge < -0.3 is 24.6 Å². The number of nitrogens with one attached hydrogen (secondary N) is 1. The summed E-state index contributed by atoms with van der Waals surface area (Å²) >= 11 is 3.38. The van der Waals surface area contributed by atoms with Crippen LogP contribution in [0.1, 0.15) is 29.2 Å². The number of aliphatic hydroxyl groups is 1. The number of aliphatic imine (C=N–C) groups is 1. The summed E-state index contributed by atoms with van der Waals surface area (Å²) in [6.45, 7) is -1.17. The summed E-state index contributed by atoms with van der Waals surface area (Å²) < 4.78 is 57.6. The fourth-order valence-electron chi connectivity index (χ4n) is 4.33. The first-order valence-electron chi connectivity index (χ1n) is 12.5. The Morgan fingerprint density at radius 1 is 1.10 bits per heavy atom. The Balaban J connectivity index is 1.79. The van der Waals surface area contributed by atoms with Crippen molar-refractivity contribution in [1.29, 1.82) is 0 Å². The quantitative estimate of drug-likeness (QED) is 0.280. The van der Waals surface area contributed by atoms with E-state index in [0.717, 1.165) is 4.47 Å². The number of nitrogens with zero attached hydrogens (tertiary/aromatic N) is 1. The monoisotopic (exact) mass is 620 g/mol. The van der Waals surface area contributed by atoms with Crippen LogP contribution in [-0.4, -0.2) is 55.5 Å². The maximum Gasteiger partial charge on any atom is 0.405 e. The van der Waals surface area contributed by atoms with Crippen molar-refractivity contribution in [3.05, 3.63) is 94.0 Å². The molecule has 4 rings (SSSR count). The van der Waals surface area contributed by atoms with Crippen molar-refractivity contribution >= 4 is 27.7 Å². The standard InChI is InChI=1S/C29H28BrF3N2O5/c1-38-24-5-2-4-21(16-24)25-28(27(37)34-18-29(31,32)33,17-19-6-10-22(30)11-7-19)35-26(40-25)20-8-12-23(13-9-20)39-15-3-14-36/h2,4-13,16,25,36H,3,14-15,17-18H2,1H3,(H,34,37)/t25-,28-/m1/s1. The number of carbonyl (C=O) groups excluding carboxylic acids is 1. The third kappa shape index (κ3) is 7.14. The molecule has 0 unspecified atom stereocenters. The molecule has 7 nitrogen and oxygen atoms in total. The molecule has 3 aromatic carbocycles. The van der Waals surface area contributed by atoms with E-state index in [1.54, 1.807) is 72.8 Å². The molecule has 11 heteroatoms. The fraction of sp³-hybridized carbons (Fsp3) is 0.310. The molecule has 1 aliphatic rings. The number of methoxy groups -OCH3 is 1. The lowest BCUT2D eigenvalue weighted by atomic mass is 9.82. The van der Waals surface area contributed by atoms with Crippen LogP contribution in [0, 0.1) is 0 Å². The summed E-state index contributed by atoms with van der Waals surface area (Å²) in [7, 11) is 1.49. The molecule has 0 radical (unpaired) electrons. The van der Waals surface area contributed by atoms with Crippen LogP contribution >= 0.6 is 15.9 Å². The summed E-state index contributed by atoms with van der Waals surface area (Å²) in [4.78, 5) is 18.4. The van der Waals surface area contributed by atoms with Gasteiger partial charge in [0.15, 0.2) is 11.6 Å². The Bertz CT molecular complexity index is 1330. The van der Waals surface area contributed by atoms with E-state index in [9.17, 15) is 18.0 Å². The minimum absolute atomic E-state index is 0.00520. The van der Waals surface area contributed by atoms with Crippen LogP contribution in [0.5, 0.6) is 11.5 Å². The summed E-state index contributed by atoms with van der Waals surface area (Å²) in [6.07, 6.45) is -5.23. The largest absolute Gasteiger partial charge is 0.497 e. The van der Waals surface area contributed by atoms with Gasteiger partial charge >= 0.3 is 6.18 Å². The summed E-state index contributed by atoms with van der Waals surface area (Å²) in [5, 5.41) is 11.0. The summed E-state index contributed by atoms with van der Waals surface area (Å²) in [5.41, 5.74) is -0.0543. The fourth-order valence-corrected chi connectivity index (χ4v) is 4.60. The summed E-state index contributed by atoms with van der Waals surface area (Å²) in [5.74, 6) is 0.241. The van der Waals surface area contributed by atoms with Gasteiger partial charge in [0, 0.05) is 29.5 Å². The number of aliphatic hydroxyl groups excluding tert-OH is 1. The van der Waals surface area contributed by atoms with E-state index in [1.807, 2.05) is 5.32 Å². The molecule has 2 atom stereocenters. The lowest BCUT2D eigenvalue weighted by molar-refractivity contribution is -0.143. The zero-order valence-electron chi connectivity index (χ0n) is 21.6. The normalized spacial score (nSPS) is 18.6. The van der Waals surface area contributed by atoms with E-state index < -0.39 is 30.3 Å². The first kappa shape index (κ1) is 29.4. The lowest BCUT2D eigenvalue weighted by Crippen LogP contribution is -2.51. The van der Waals surface area contributed by atoms with Gasteiger partial charge in [-0.3, -0.25) is 4.79 Å². The van der Waals surface area contributed by atoms with E-state index in [1.165, 1.54) is 7.11 Å². The van der Waals surface area contributed by atoms with Gasteiger partial charge in [0.2, 0.25) is 5.90 Å². The lowest BCUT2D eigenvalue weighted by Gasteiger charge is -2.31. The van der Waals surface area contributed by atoms with Crippen LogP contribution in [0.15, 0.2) is 82.3 Å². The molecule has 2 N–H and O–H groups in total. The molecule has 212 valence electrons. The molecule has 40 heavy (non-hydrogen) atoms. The highest BCUT2D eigenvalue weighted by atomic mass is 79.9. The minimum Gasteiger partial charge on any atom is -0.497 e. The van der Waals surface area contributed by atoms with Gasteiger partial charge in [-0.05, 0) is 59.7 Å². The van der Waals surface area contributed by atoms with Gasteiger partial charge in [-0.25, -0.2) is 4.99 Å². The van der Waals surface area contributed by atoms with Gasteiger partial charge in [0.1, 0.15) is 18.0 Å². The van der Waals surface area contributed by atoms with Crippen molar-refractivity contribution in [3.8, 4) is 11.5 Å². The number of hydrogen-bond acceptors (Lipinski definition) is 6. The van der Waals surface area contributed by atoms with Crippen LogP contribution in [0.3, 0.4) is 0 Å². The van der Waals surface area contributed by atoms with Crippen LogP contribution < -0.4 is 14.8 Å². The van der Waals surface area contributed by atoms with Crippen LogP contribution in [-0.2, 0) is 16.0 Å². The molecule has 0 fully saturated rings. The predicted molar refractivity (Wildman–Crippen MR) is 147 cm³/mol. The predicted octanol–water partition coefficient (Wildman–Crippen LogP) is 5.40. The smallest absolute Gasteiger partial charge is 0.405 e. The van der Waals surface area contributed by atoms with Crippen molar-refractivity contribution < 1.29 is 37.3 Å². The molecule has 1 amide bonds. The van der Waals surface area contributed by atoms with Crippen molar-refractivity contribution in [3.63, 3.8) is 0 Å². The number of halogens is 4. The van der Waals surface area contributed by atoms with Crippen molar-refractivity contribution in [2.24, 2.45) is 4.99 Å². The SMILES string of the molecule is COc1cccc([C@H]2OC(c3ccc(OCCCO)cc3)=N[C@@]2(Cc2ccc(Br)cc2)C(=O)NCC(F)(F)F)c1. The number of hydrogen-bond donors (Lipinski definition) is 2. The van der Waals surface area contributed by atoms with Crippen molar-refractivity contribution in [2.75, 3.05) is 26.9 Å². The molecule has 1 heterocycles. The Labute approximate surface area is 238 Å². The number of alkyl halides is 3. The van der Waals surface area contributed by atoms with Gasteiger partial charge in [-0.2, -0.15) is 13.2 Å². The zero-order valence-corrected chi connectivity index (χ0v) is 23.2. The van der Waals surface area contributed by atoms with Crippen LogP contribution in [0.2, 0.25) is 0 Å². The van der Waals surface area contributed by atoms with E-state index in [-0.39, 0.29) is 18.9 Å². The molecule has 0 bridgehead atoms. The number of carbonyl (C=O) groups is 1. The summed E-state index contributed by atoms with van der Waals surface area (Å²) in [6, 6.07) is 20.7. The molecular formula is C29H28BrF3N2O5. The van der Waals surface area contributed by atoms with E-state index in [0.29, 0.717) is 41.2 Å². The highest BCUT2D eigenvalue weighted by Crippen LogP contribution is 2.43. The van der Waals surface area contributed by atoms with Gasteiger partial charge in [0.25, 0.3) is 5.91 Å². The molecule has 0 saturated heterocycles. The minimum atomic E-state index is -4.61. The van der Waals surface area contributed by atoms with Gasteiger partial charge in [-0.15, -0.1) is 0 Å². The molecule has 0 saturated carbocycles. The molecule has 0 aromatic heterocycles. The average Bonchev–Trinajstić information content (AvgIpc) is 3.33. The first-order valence-corrected chi connectivity index (χ1v) is 13.3. The highest BCUT2D eigenvalue weighted by molar-refractivity contribution is 9.10. The second-order valence-corrected chi connectivity index (χ2v) is 10.1. The Morgan fingerprint density at radius 3 is 2.48 bits per heavy atom. The maximum atomic E-state index is 13.7.